The van der Waals surface area contributed by atoms with Gasteiger partial charge in [0.05, 0.1) is 7.11 Å². The SMILES string of the molecule is CCC1Cc2cc(CNCCCO)c(OC)cc2CN1CC. The third kappa shape index (κ3) is 4.00. The molecule has 1 aromatic rings. The van der Waals surface area contributed by atoms with Crippen molar-refractivity contribution in [1.82, 2.24) is 10.2 Å². The summed E-state index contributed by atoms with van der Waals surface area (Å²) in [6, 6.07) is 5.18. The minimum absolute atomic E-state index is 0.235. The average molecular weight is 306 g/mol. The van der Waals surface area contributed by atoms with Crippen LogP contribution in [-0.2, 0) is 19.5 Å². The summed E-state index contributed by atoms with van der Waals surface area (Å²) >= 11 is 0. The van der Waals surface area contributed by atoms with E-state index in [2.05, 4.69) is 36.2 Å². The zero-order chi connectivity index (χ0) is 15.9. The molecule has 1 aliphatic rings. The standard InChI is InChI=1S/C18H30N2O2/c1-4-17-10-14-9-15(12-19-7-6-8-21)18(22-3)11-16(14)13-20(17)5-2/h9,11,17,19,21H,4-8,10,12-13H2,1-3H3. The fourth-order valence-electron chi connectivity index (χ4n) is 3.31. The number of fused-ring (bicyclic) bond motifs is 1. The van der Waals surface area contributed by atoms with Crippen LogP contribution in [-0.4, -0.2) is 42.9 Å². The number of likely N-dealkylation sites (N-methyl/N-ethyl adjacent to an activating group) is 1. The molecule has 1 unspecified atom stereocenters. The highest BCUT2D eigenvalue weighted by Crippen LogP contribution is 2.30. The quantitative estimate of drug-likeness (QED) is 0.724. The van der Waals surface area contributed by atoms with Crippen molar-refractivity contribution in [1.29, 1.82) is 0 Å². The van der Waals surface area contributed by atoms with Crippen LogP contribution < -0.4 is 10.1 Å². The Bertz CT molecular complexity index is 476. The van der Waals surface area contributed by atoms with Crippen molar-refractivity contribution in [3.63, 3.8) is 0 Å². The van der Waals surface area contributed by atoms with Gasteiger partial charge in [-0.05, 0) is 49.5 Å². The van der Waals surface area contributed by atoms with Gasteiger partial charge in [-0.3, -0.25) is 4.90 Å². The van der Waals surface area contributed by atoms with E-state index in [1.807, 2.05) is 0 Å². The molecule has 124 valence electrons. The monoisotopic (exact) mass is 306 g/mol. The molecule has 1 heterocycles. The third-order valence-electron chi connectivity index (χ3n) is 4.65. The first-order valence-corrected chi connectivity index (χ1v) is 8.47. The second-order valence-corrected chi connectivity index (χ2v) is 6.02. The summed E-state index contributed by atoms with van der Waals surface area (Å²) in [5.74, 6) is 0.973. The number of aliphatic hydroxyl groups is 1. The highest BCUT2D eigenvalue weighted by molar-refractivity contribution is 5.44. The van der Waals surface area contributed by atoms with E-state index in [1.54, 1.807) is 7.11 Å². The summed E-state index contributed by atoms with van der Waals surface area (Å²) in [5, 5.41) is 12.2. The molecule has 0 saturated carbocycles. The van der Waals surface area contributed by atoms with E-state index in [4.69, 9.17) is 9.84 Å². The van der Waals surface area contributed by atoms with Crippen LogP contribution in [0.25, 0.3) is 0 Å². The van der Waals surface area contributed by atoms with E-state index in [9.17, 15) is 0 Å². The molecular weight excluding hydrogens is 276 g/mol. The highest BCUT2D eigenvalue weighted by atomic mass is 16.5. The number of benzene rings is 1. The van der Waals surface area contributed by atoms with Crippen LogP contribution in [0.4, 0.5) is 0 Å². The van der Waals surface area contributed by atoms with Gasteiger partial charge < -0.3 is 15.2 Å². The Balaban J connectivity index is 2.16. The van der Waals surface area contributed by atoms with Crippen LogP contribution in [0.2, 0.25) is 0 Å². The molecule has 4 nitrogen and oxygen atoms in total. The summed E-state index contributed by atoms with van der Waals surface area (Å²) in [4.78, 5) is 2.56. The van der Waals surface area contributed by atoms with Crippen molar-refractivity contribution >= 4 is 0 Å². The lowest BCUT2D eigenvalue weighted by Crippen LogP contribution is -2.39. The topological polar surface area (TPSA) is 44.7 Å². The van der Waals surface area contributed by atoms with Crippen molar-refractivity contribution < 1.29 is 9.84 Å². The number of aliphatic hydroxyl groups excluding tert-OH is 1. The third-order valence-corrected chi connectivity index (χ3v) is 4.65. The lowest BCUT2D eigenvalue weighted by molar-refractivity contribution is 0.176. The molecule has 0 aromatic heterocycles. The van der Waals surface area contributed by atoms with Crippen LogP contribution in [0.5, 0.6) is 5.75 Å². The Kier molecular flexibility index (Phi) is 6.68. The highest BCUT2D eigenvalue weighted by Gasteiger charge is 2.24. The van der Waals surface area contributed by atoms with Crippen molar-refractivity contribution in [2.45, 2.75) is 52.2 Å². The Morgan fingerprint density at radius 1 is 1.32 bits per heavy atom. The second-order valence-electron chi connectivity index (χ2n) is 6.02. The number of hydrogen-bond donors (Lipinski definition) is 2. The van der Waals surface area contributed by atoms with Gasteiger partial charge in [0.15, 0.2) is 0 Å². The fraction of sp³-hybridized carbons (Fsp3) is 0.667. The first kappa shape index (κ1) is 17.3. The molecular formula is C18H30N2O2. The maximum absolute atomic E-state index is 8.86. The van der Waals surface area contributed by atoms with Gasteiger partial charge in [-0.25, -0.2) is 0 Å². The number of nitrogens with zero attached hydrogens (tertiary/aromatic N) is 1. The van der Waals surface area contributed by atoms with Crippen LogP contribution in [0.1, 0.15) is 43.4 Å². The lowest BCUT2D eigenvalue weighted by Gasteiger charge is -2.36. The number of hydrogen-bond acceptors (Lipinski definition) is 4. The maximum atomic E-state index is 8.86. The number of methoxy groups -OCH3 is 1. The lowest BCUT2D eigenvalue weighted by atomic mass is 9.90. The van der Waals surface area contributed by atoms with E-state index in [-0.39, 0.29) is 6.61 Å². The minimum Gasteiger partial charge on any atom is -0.496 e. The Hall–Kier alpha value is -1.10. The van der Waals surface area contributed by atoms with E-state index in [0.717, 1.165) is 44.8 Å². The molecule has 0 fully saturated rings. The predicted octanol–water partition coefficient (Wildman–Crippen LogP) is 2.32. The molecule has 2 N–H and O–H groups in total. The zero-order valence-electron chi connectivity index (χ0n) is 14.2. The van der Waals surface area contributed by atoms with Gasteiger partial charge in [0, 0.05) is 31.3 Å². The molecule has 0 amide bonds. The molecule has 1 aromatic carbocycles. The summed E-state index contributed by atoms with van der Waals surface area (Å²) in [7, 11) is 1.74. The maximum Gasteiger partial charge on any atom is 0.123 e. The summed E-state index contributed by atoms with van der Waals surface area (Å²) < 4.78 is 5.58. The van der Waals surface area contributed by atoms with Gasteiger partial charge in [0.25, 0.3) is 0 Å². The van der Waals surface area contributed by atoms with E-state index in [0.29, 0.717) is 6.04 Å². The largest absolute Gasteiger partial charge is 0.496 e. The molecule has 2 rings (SSSR count). The molecule has 1 aliphatic heterocycles. The molecule has 0 radical (unpaired) electrons. The van der Waals surface area contributed by atoms with Gasteiger partial charge in [-0.2, -0.15) is 0 Å². The fourth-order valence-corrected chi connectivity index (χ4v) is 3.31. The molecule has 0 bridgehead atoms. The summed E-state index contributed by atoms with van der Waals surface area (Å²) in [6.45, 7) is 8.51. The van der Waals surface area contributed by atoms with Gasteiger partial charge in [-0.1, -0.05) is 19.9 Å². The Morgan fingerprint density at radius 3 is 2.77 bits per heavy atom. The Labute approximate surface area is 134 Å². The van der Waals surface area contributed by atoms with Crippen molar-refractivity contribution in [2.75, 3.05) is 26.8 Å². The first-order chi connectivity index (χ1) is 10.7. The molecule has 1 atom stereocenters. The molecule has 4 heteroatoms. The zero-order valence-corrected chi connectivity index (χ0v) is 14.2. The van der Waals surface area contributed by atoms with Crippen LogP contribution >= 0.6 is 0 Å². The molecule has 0 aliphatic carbocycles. The normalized spacial score (nSPS) is 18.3. The van der Waals surface area contributed by atoms with Crippen molar-refractivity contribution in [3.05, 3.63) is 28.8 Å². The van der Waals surface area contributed by atoms with Crippen LogP contribution in [0.15, 0.2) is 12.1 Å². The number of nitrogens with one attached hydrogen (secondary N) is 1. The van der Waals surface area contributed by atoms with Crippen LogP contribution in [0.3, 0.4) is 0 Å². The van der Waals surface area contributed by atoms with Gasteiger partial charge in [0.1, 0.15) is 5.75 Å². The number of rotatable bonds is 8. The Morgan fingerprint density at radius 2 is 2.14 bits per heavy atom. The first-order valence-electron chi connectivity index (χ1n) is 8.47. The summed E-state index contributed by atoms with van der Waals surface area (Å²) in [6.07, 6.45) is 3.12. The predicted molar refractivity (Wildman–Crippen MR) is 90.3 cm³/mol. The van der Waals surface area contributed by atoms with E-state index < -0.39 is 0 Å². The molecule has 0 spiro atoms. The molecule has 0 saturated heterocycles. The van der Waals surface area contributed by atoms with E-state index in [1.165, 1.54) is 23.1 Å². The molecule has 22 heavy (non-hydrogen) atoms. The van der Waals surface area contributed by atoms with Gasteiger partial charge >= 0.3 is 0 Å². The van der Waals surface area contributed by atoms with Crippen molar-refractivity contribution in [2.24, 2.45) is 0 Å². The van der Waals surface area contributed by atoms with Gasteiger partial charge in [0.2, 0.25) is 0 Å². The average Bonchev–Trinajstić information content (AvgIpc) is 2.56. The number of ether oxygens (including phenoxy) is 1. The summed E-state index contributed by atoms with van der Waals surface area (Å²) in [5.41, 5.74) is 4.10. The van der Waals surface area contributed by atoms with Crippen molar-refractivity contribution in [3.8, 4) is 5.75 Å². The van der Waals surface area contributed by atoms with Gasteiger partial charge in [-0.15, -0.1) is 0 Å². The van der Waals surface area contributed by atoms with Crippen LogP contribution in [0, 0.1) is 0 Å². The van der Waals surface area contributed by atoms with E-state index >= 15 is 0 Å². The smallest absolute Gasteiger partial charge is 0.123 e. The minimum atomic E-state index is 0.235. The second kappa shape index (κ2) is 8.51.